The fraction of sp³-hybridized carbons (Fsp3) is 0.933. The zero-order valence-electron chi connectivity index (χ0n) is 13.4. The first kappa shape index (κ1) is 20.2. The highest BCUT2D eigenvalue weighted by Gasteiger charge is 2.26. The molecule has 0 fully saturated rings. The van der Waals surface area contributed by atoms with E-state index >= 15 is 0 Å². The molecule has 0 saturated carbocycles. The summed E-state index contributed by atoms with van der Waals surface area (Å²) in [5.74, 6) is 0.284. The van der Waals surface area contributed by atoms with E-state index in [0.717, 1.165) is 12.8 Å². The number of unbranched alkanes of at least 4 members (excludes halogenated alkanes) is 1. The van der Waals surface area contributed by atoms with Gasteiger partial charge >= 0.3 is 6.18 Å². The van der Waals surface area contributed by atoms with Gasteiger partial charge in [-0.25, -0.2) is 0 Å². The summed E-state index contributed by atoms with van der Waals surface area (Å²) >= 11 is 0. The number of hydrogen-bond donors (Lipinski definition) is 2. The SMILES string of the molecule is CC(C)(C)C(CCN)CCC(=O)NCCCCC(F)(F)F. The largest absolute Gasteiger partial charge is 0.389 e. The van der Waals surface area contributed by atoms with E-state index in [-0.39, 0.29) is 17.7 Å². The van der Waals surface area contributed by atoms with Crippen LogP contribution in [0.3, 0.4) is 0 Å². The molecule has 0 aromatic heterocycles. The molecule has 0 aliphatic rings. The third kappa shape index (κ3) is 11.5. The number of carbonyl (C=O) groups excluding carboxylic acids is 1. The van der Waals surface area contributed by atoms with Crippen LogP contribution in [0.1, 0.15) is 59.3 Å². The Labute approximate surface area is 125 Å². The van der Waals surface area contributed by atoms with E-state index in [2.05, 4.69) is 26.1 Å². The molecule has 1 atom stereocenters. The lowest BCUT2D eigenvalue weighted by Crippen LogP contribution is -2.28. The van der Waals surface area contributed by atoms with Crippen molar-refractivity contribution in [1.29, 1.82) is 0 Å². The minimum absolute atomic E-state index is 0.0571. The van der Waals surface area contributed by atoms with Crippen LogP contribution in [0, 0.1) is 11.3 Å². The molecule has 126 valence electrons. The molecule has 0 bridgehead atoms. The molecule has 3 N–H and O–H groups in total. The molecule has 1 unspecified atom stereocenters. The molecule has 0 spiro atoms. The minimum Gasteiger partial charge on any atom is -0.356 e. The maximum absolute atomic E-state index is 11.9. The summed E-state index contributed by atoms with van der Waals surface area (Å²) in [7, 11) is 0. The first-order valence-corrected chi connectivity index (χ1v) is 7.60. The zero-order chi connectivity index (χ0) is 16.5. The van der Waals surface area contributed by atoms with Gasteiger partial charge < -0.3 is 11.1 Å². The molecule has 21 heavy (non-hydrogen) atoms. The highest BCUT2D eigenvalue weighted by molar-refractivity contribution is 5.75. The van der Waals surface area contributed by atoms with E-state index in [0.29, 0.717) is 31.8 Å². The Bertz CT molecular complexity index is 298. The van der Waals surface area contributed by atoms with Crippen molar-refractivity contribution in [3.8, 4) is 0 Å². The lowest BCUT2D eigenvalue weighted by Gasteiger charge is -2.30. The van der Waals surface area contributed by atoms with Gasteiger partial charge in [0.15, 0.2) is 0 Å². The van der Waals surface area contributed by atoms with Gasteiger partial charge in [-0.2, -0.15) is 13.2 Å². The number of nitrogens with one attached hydrogen (secondary N) is 1. The average Bonchev–Trinajstić information content (AvgIpc) is 2.31. The third-order valence-electron chi connectivity index (χ3n) is 3.67. The van der Waals surface area contributed by atoms with E-state index in [1.807, 2.05) is 0 Å². The van der Waals surface area contributed by atoms with Crippen molar-refractivity contribution in [1.82, 2.24) is 5.32 Å². The summed E-state index contributed by atoms with van der Waals surface area (Å²) in [5, 5.41) is 2.68. The molecule has 0 aliphatic heterocycles. The van der Waals surface area contributed by atoms with Crippen LogP contribution in [-0.4, -0.2) is 25.2 Å². The van der Waals surface area contributed by atoms with E-state index < -0.39 is 12.6 Å². The summed E-state index contributed by atoms with van der Waals surface area (Å²) in [4.78, 5) is 11.7. The summed E-state index contributed by atoms with van der Waals surface area (Å²) in [6.07, 6.45) is -2.44. The lowest BCUT2D eigenvalue weighted by molar-refractivity contribution is -0.135. The number of carbonyl (C=O) groups is 1. The quantitative estimate of drug-likeness (QED) is 0.639. The van der Waals surface area contributed by atoms with Crippen molar-refractivity contribution in [2.45, 2.75) is 65.5 Å². The van der Waals surface area contributed by atoms with Crippen LogP contribution in [0.15, 0.2) is 0 Å². The summed E-state index contributed by atoms with van der Waals surface area (Å²) in [6.45, 7) is 7.29. The van der Waals surface area contributed by atoms with Gasteiger partial charge in [0, 0.05) is 19.4 Å². The molecule has 0 radical (unpaired) electrons. The Kier molecular flexibility index (Phi) is 8.94. The van der Waals surface area contributed by atoms with Crippen molar-refractivity contribution in [2.75, 3.05) is 13.1 Å². The van der Waals surface area contributed by atoms with Crippen molar-refractivity contribution in [3.05, 3.63) is 0 Å². The molecule has 0 aliphatic carbocycles. The Morgan fingerprint density at radius 3 is 2.24 bits per heavy atom. The summed E-state index contributed by atoms with van der Waals surface area (Å²) in [6, 6.07) is 0. The number of rotatable bonds is 9. The standard InChI is InChI=1S/C15H29F3N2O/c1-14(2,3)12(8-10-19)6-7-13(21)20-11-5-4-9-15(16,17)18/h12H,4-11,19H2,1-3H3,(H,20,21). The van der Waals surface area contributed by atoms with Crippen LogP contribution in [0.2, 0.25) is 0 Å². The number of amides is 1. The van der Waals surface area contributed by atoms with E-state index in [4.69, 9.17) is 5.73 Å². The molecule has 1 amide bonds. The summed E-state index contributed by atoms with van der Waals surface area (Å²) < 4.78 is 35.8. The fourth-order valence-corrected chi connectivity index (χ4v) is 2.28. The van der Waals surface area contributed by atoms with Gasteiger partial charge in [-0.05, 0) is 43.6 Å². The van der Waals surface area contributed by atoms with Crippen molar-refractivity contribution < 1.29 is 18.0 Å². The average molecular weight is 310 g/mol. The van der Waals surface area contributed by atoms with Gasteiger partial charge in [0.1, 0.15) is 0 Å². The first-order valence-electron chi connectivity index (χ1n) is 7.60. The Morgan fingerprint density at radius 2 is 1.76 bits per heavy atom. The maximum Gasteiger partial charge on any atom is 0.389 e. The molecule has 0 rings (SSSR count). The van der Waals surface area contributed by atoms with Crippen molar-refractivity contribution in [3.63, 3.8) is 0 Å². The van der Waals surface area contributed by atoms with Gasteiger partial charge in [0.05, 0.1) is 0 Å². The van der Waals surface area contributed by atoms with Crippen LogP contribution >= 0.6 is 0 Å². The van der Waals surface area contributed by atoms with Gasteiger partial charge in [0.25, 0.3) is 0 Å². The van der Waals surface area contributed by atoms with E-state index in [9.17, 15) is 18.0 Å². The van der Waals surface area contributed by atoms with Gasteiger partial charge in [-0.1, -0.05) is 20.8 Å². The summed E-state index contributed by atoms with van der Waals surface area (Å²) in [5.41, 5.74) is 5.69. The fourth-order valence-electron chi connectivity index (χ4n) is 2.28. The Morgan fingerprint density at radius 1 is 1.14 bits per heavy atom. The lowest BCUT2D eigenvalue weighted by atomic mass is 9.76. The van der Waals surface area contributed by atoms with Gasteiger partial charge in [-0.3, -0.25) is 4.79 Å². The van der Waals surface area contributed by atoms with E-state index in [1.165, 1.54) is 0 Å². The molecule has 0 heterocycles. The van der Waals surface area contributed by atoms with Gasteiger partial charge in [-0.15, -0.1) is 0 Å². The van der Waals surface area contributed by atoms with Crippen LogP contribution < -0.4 is 11.1 Å². The maximum atomic E-state index is 11.9. The molecule has 3 nitrogen and oxygen atoms in total. The number of alkyl halides is 3. The van der Waals surface area contributed by atoms with Crippen LogP contribution in [-0.2, 0) is 4.79 Å². The molecular formula is C15H29F3N2O. The normalized spacial score (nSPS) is 14.0. The van der Waals surface area contributed by atoms with Crippen molar-refractivity contribution >= 4 is 5.91 Å². The smallest absolute Gasteiger partial charge is 0.356 e. The topological polar surface area (TPSA) is 55.1 Å². The number of hydrogen-bond acceptors (Lipinski definition) is 2. The first-order chi connectivity index (χ1) is 9.56. The van der Waals surface area contributed by atoms with E-state index in [1.54, 1.807) is 0 Å². The second-order valence-corrected chi connectivity index (χ2v) is 6.60. The monoisotopic (exact) mass is 310 g/mol. The number of halogens is 3. The molecule has 0 aromatic carbocycles. The predicted octanol–water partition coefficient (Wildman–Crippen LogP) is 3.63. The van der Waals surface area contributed by atoms with Crippen LogP contribution in [0.4, 0.5) is 13.2 Å². The molecule has 0 saturated heterocycles. The molecular weight excluding hydrogens is 281 g/mol. The predicted molar refractivity (Wildman–Crippen MR) is 78.8 cm³/mol. The second kappa shape index (κ2) is 9.28. The van der Waals surface area contributed by atoms with Crippen LogP contribution in [0.25, 0.3) is 0 Å². The van der Waals surface area contributed by atoms with Crippen LogP contribution in [0.5, 0.6) is 0 Å². The minimum atomic E-state index is -4.10. The van der Waals surface area contributed by atoms with Gasteiger partial charge in [0.2, 0.25) is 5.91 Å². The van der Waals surface area contributed by atoms with Crippen molar-refractivity contribution in [2.24, 2.45) is 17.1 Å². The highest BCUT2D eigenvalue weighted by atomic mass is 19.4. The highest BCUT2D eigenvalue weighted by Crippen LogP contribution is 2.32. The Balaban J connectivity index is 3.84. The Hall–Kier alpha value is -0.780. The zero-order valence-corrected chi connectivity index (χ0v) is 13.4. The number of nitrogens with two attached hydrogens (primary N) is 1. The molecule has 6 heteroatoms. The molecule has 0 aromatic rings. The third-order valence-corrected chi connectivity index (χ3v) is 3.67. The second-order valence-electron chi connectivity index (χ2n) is 6.60.